The third kappa shape index (κ3) is 3.81. The minimum atomic E-state index is -3.64. The summed E-state index contributed by atoms with van der Waals surface area (Å²) < 4.78 is 27.0. The summed E-state index contributed by atoms with van der Waals surface area (Å²) in [6.07, 6.45) is -0.811. The van der Waals surface area contributed by atoms with Crippen LogP contribution in [0.15, 0.2) is 53.4 Å². The molecule has 0 amide bonds. The zero-order valence-corrected chi connectivity index (χ0v) is 12.5. The molecule has 1 unspecified atom stereocenters. The fourth-order valence-electron chi connectivity index (χ4n) is 1.88. The Labute approximate surface area is 124 Å². The number of hydrogen-bond acceptors (Lipinski definition) is 4. The van der Waals surface area contributed by atoms with Crippen LogP contribution in [0.25, 0.3) is 0 Å². The van der Waals surface area contributed by atoms with Gasteiger partial charge in [-0.3, -0.25) is 4.72 Å². The van der Waals surface area contributed by atoms with Crippen molar-refractivity contribution in [2.75, 3.05) is 11.3 Å². The number of nitrogens with one attached hydrogen (secondary N) is 1. The van der Waals surface area contributed by atoms with Gasteiger partial charge in [-0.1, -0.05) is 29.8 Å². The lowest BCUT2D eigenvalue weighted by Gasteiger charge is -2.12. The number of nitrogens with two attached hydrogens (primary N) is 1. The predicted molar refractivity (Wildman–Crippen MR) is 82.4 cm³/mol. The van der Waals surface area contributed by atoms with E-state index in [4.69, 9.17) is 5.73 Å². The van der Waals surface area contributed by atoms with E-state index in [2.05, 4.69) is 4.72 Å². The van der Waals surface area contributed by atoms with E-state index in [-0.39, 0.29) is 11.4 Å². The molecule has 2 aromatic rings. The number of sulfonamides is 1. The van der Waals surface area contributed by atoms with Gasteiger partial charge >= 0.3 is 0 Å². The van der Waals surface area contributed by atoms with Crippen LogP contribution in [-0.2, 0) is 10.0 Å². The normalized spacial score (nSPS) is 12.9. The Kier molecular flexibility index (Phi) is 4.62. The van der Waals surface area contributed by atoms with E-state index in [1.54, 1.807) is 48.5 Å². The van der Waals surface area contributed by atoms with Crippen LogP contribution in [0, 0.1) is 6.92 Å². The molecule has 0 aliphatic heterocycles. The number of anilines is 1. The van der Waals surface area contributed by atoms with Crippen LogP contribution < -0.4 is 10.5 Å². The molecule has 4 N–H and O–H groups in total. The van der Waals surface area contributed by atoms with Crippen molar-refractivity contribution in [3.05, 3.63) is 59.7 Å². The molecule has 0 saturated carbocycles. The molecule has 0 aliphatic carbocycles. The first-order valence-corrected chi connectivity index (χ1v) is 7.98. The molecule has 112 valence electrons. The summed E-state index contributed by atoms with van der Waals surface area (Å²) in [6.45, 7) is 1.97. The predicted octanol–water partition coefficient (Wildman–Crippen LogP) is 1.79. The molecule has 1 atom stereocenters. The topological polar surface area (TPSA) is 92.4 Å². The van der Waals surface area contributed by atoms with Crippen LogP contribution in [0.5, 0.6) is 0 Å². The highest BCUT2D eigenvalue weighted by Crippen LogP contribution is 2.20. The Morgan fingerprint density at radius 3 is 2.48 bits per heavy atom. The second-order valence-corrected chi connectivity index (χ2v) is 6.48. The molecule has 2 aromatic carbocycles. The Hall–Kier alpha value is -1.89. The van der Waals surface area contributed by atoms with Gasteiger partial charge in [0.1, 0.15) is 0 Å². The van der Waals surface area contributed by atoms with E-state index in [0.717, 1.165) is 5.56 Å². The quantitative estimate of drug-likeness (QED) is 0.785. The van der Waals surface area contributed by atoms with E-state index in [9.17, 15) is 13.5 Å². The standard InChI is InChI=1S/C15H18N2O3S/c1-11-5-7-14(8-6-11)21(19,20)17-13-4-2-3-12(9-13)15(18)10-16/h2-9,15,17-18H,10,16H2,1H3. The number of rotatable bonds is 5. The first-order chi connectivity index (χ1) is 9.92. The summed E-state index contributed by atoms with van der Waals surface area (Å²) in [7, 11) is -3.64. The summed E-state index contributed by atoms with van der Waals surface area (Å²) >= 11 is 0. The molecule has 0 saturated heterocycles. The zero-order chi connectivity index (χ0) is 15.5. The van der Waals surface area contributed by atoms with Gasteiger partial charge in [0.2, 0.25) is 0 Å². The van der Waals surface area contributed by atoms with E-state index in [1.165, 1.54) is 0 Å². The summed E-state index contributed by atoms with van der Waals surface area (Å²) in [5.74, 6) is 0. The lowest BCUT2D eigenvalue weighted by atomic mass is 10.1. The molecule has 6 heteroatoms. The van der Waals surface area contributed by atoms with Gasteiger partial charge in [0, 0.05) is 12.2 Å². The third-order valence-corrected chi connectivity index (χ3v) is 4.48. The molecule has 0 fully saturated rings. The molecule has 0 heterocycles. The van der Waals surface area contributed by atoms with Crippen molar-refractivity contribution in [2.24, 2.45) is 5.73 Å². The summed E-state index contributed by atoms with van der Waals surface area (Å²) in [5.41, 5.74) is 7.35. The van der Waals surface area contributed by atoms with Crippen LogP contribution in [0.2, 0.25) is 0 Å². The smallest absolute Gasteiger partial charge is 0.261 e. The van der Waals surface area contributed by atoms with Crippen LogP contribution >= 0.6 is 0 Å². The lowest BCUT2D eigenvalue weighted by molar-refractivity contribution is 0.187. The monoisotopic (exact) mass is 306 g/mol. The highest BCUT2D eigenvalue weighted by atomic mass is 32.2. The van der Waals surface area contributed by atoms with Crippen molar-refractivity contribution in [2.45, 2.75) is 17.9 Å². The second kappa shape index (κ2) is 6.26. The van der Waals surface area contributed by atoms with Crippen molar-refractivity contribution in [1.82, 2.24) is 0 Å². The van der Waals surface area contributed by atoms with Crippen molar-refractivity contribution < 1.29 is 13.5 Å². The largest absolute Gasteiger partial charge is 0.387 e. The first kappa shape index (κ1) is 15.5. The Balaban J connectivity index is 2.26. The number of benzene rings is 2. The lowest BCUT2D eigenvalue weighted by Crippen LogP contribution is -2.14. The summed E-state index contributed by atoms with van der Waals surface area (Å²) in [4.78, 5) is 0.192. The van der Waals surface area contributed by atoms with Gasteiger partial charge in [0.05, 0.1) is 11.0 Å². The maximum absolute atomic E-state index is 12.3. The third-order valence-electron chi connectivity index (χ3n) is 3.08. The van der Waals surface area contributed by atoms with Gasteiger partial charge in [0.25, 0.3) is 10.0 Å². The second-order valence-electron chi connectivity index (χ2n) is 4.80. The van der Waals surface area contributed by atoms with Gasteiger partial charge in [-0.15, -0.1) is 0 Å². The van der Waals surface area contributed by atoms with Gasteiger partial charge in [-0.25, -0.2) is 8.42 Å². The molecule has 0 aliphatic rings. The Morgan fingerprint density at radius 2 is 1.86 bits per heavy atom. The SMILES string of the molecule is Cc1ccc(S(=O)(=O)Nc2cccc(C(O)CN)c2)cc1. The fourth-order valence-corrected chi connectivity index (χ4v) is 2.93. The van der Waals surface area contributed by atoms with E-state index in [0.29, 0.717) is 11.3 Å². The molecule has 2 rings (SSSR count). The molecule has 0 spiro atoms. The number of aliphatic hydroxyl groups excluding tert-OH is 1. The number of aryl methyl sites for hydroxylation is 1. The van der Waals surface area contributed by atoms with Crippen molar-refractivity contribution in [3.63, 3.8) is 0 Å². The zero-order valence-electron chi connectivity index (χ0n) is 11.7. The Morgan fingerprint density at radius 1 is 1.19 bits per heavy atom. The fraction of sp³-hybridized carbons (Fsp3) is 0.200. The molecule has 21 heavy (non-hydrogen) atoms. The van der Waals surface area contributed by atoms with Crippen LogP contribution in [0.1, 0.15) is 17.2 Å². The van der Waals surface area contributed by atoms with Gasteiger partial charge in [0.15, 0.2) is 0 Å². The van der Waals surface area contributed by atoms with E-state index in [1.807, 2.05) is 6.92 Å². The van der Waals surface area contributed by atoms with Crippen molar-refractivity contribution in [1.29, 1.82) is 0 Å². The minimum absolute atomic E-state index is 0.0775. The van der Waals surface area contributed by atoms with Crippen molar-refractivity contribution >= 4 is 15.7 Å². The maximum atomic E-state index is 12.3. The summed E-state index contributed by atoms with van der Waals surface area (Å²) in [5, 5.41) is 9.70. The van der Waals surface area contributed by atoms with E-state index >= 15 is 0 Å². The highest BCUT2D eigenvalue weighted by molar-refractivity contribution is 7.92. The first-order valence-electron chi connectivity index (χ1n) is 6.50. The number of aliphatic hydroxyl groups is 1. The number of hydrogen-bond donors (Lipinski definition) is 3. The molecular formula is C15H18N2O3S. The van der Waals surface area contributed by atoms with Crippen molar-refractivity contribution in [3.8, 4) is 0 Å². The average molecular weight is 306 g/mol. The minimum Gasteiger partial charge on any atom is -0.387 e. The van der Waals surface area contributed by atoms with Crippen LogP contribution in [0.4, 0.5) is 5.69 Å². The maximum Gasteiger partial charge on any atom is 0.261 e. The van der Waals surface area contributed by atoms with E-state index < -0.39 is 16.1 Å². The van der Waals surface area contributed by atoms with Gasteiger partial charge in [-0.05, 0) is 36.8 Å². The van der Waals surface area contributed by atoms with Crippen LogP contribution in [0.3, 0.4) is 0 Å². The highest BCUT2D eigenvalue weighted by Gasteiger charge is 2.14. The molecule has 0 radical (unpaired) electrons. The molecule has 5 nitrogen and oxygen atoms in total. The van der Waals surface area contributed by atoms with Gasteiger partial charge < -0.3 is 10.8 Å². The molecular weight excluding hydrogens is 288 g/mol. The molecule has 0 aromatic heterocycles. The Bertz CT molecular complexity index is 712. The molecule has 0 bridgehead atoms. The average Bonchev–Trinajstić information content (AvgIpc) is 2.46. The summed E-state index contributed by atoms with van der Waals surface area (Å²) in [6, 6.07) is 13.1. The van der Waals surface area contributed by atoms with Gasteiger partial charge in [-0.2, -0.15) is 0 Å². The van der Waals surface area contributed by atoms with Crippen LogP contribution in [-0.4, -0.2) is 20.1 Å².